The predicted octanol–water partition coefficient (Wildman–Crippen LogP) is 4.90. The number of hydrogen-bond acceptors (Lipinski definition) is 3. The Hall–Kier alpha value is -1.73. The minimum atomic E-state index is -0.793. The normalized spacial score (nSPS) is 10.5. The second-order valence-corrected chi connectivity index (χ2v) is 5.48. The summed E-state index contributed by atoms with van der Waals surface area (Å²) >= 11 is 8.67. The zero-order chi connectivity index (χ0) is 15.6. The second kappa shape index (κ2) is 6.36. The van der Waals surface area contributed by atoms with Gasteiger partial charge in [-0.1, -0.05) is 27.5 Å². The summed E-state index contributed by atoms with van der Waals surface area (Å²) in [7, 11) is 0. The van der Waals surface area contributed by atoms with Crippen LogP contribution in [0.15, 0.2) is 34.8 Å². The lowest BCUT2D eigenvalue weighted by Crippen LogP contribution is -2.06. The third-order valence-electron chi connectivity index (χ3n) is 2.71. The Kier molecular flexibility index (Phi) is 4.74. The molecule has 0 spiro atoms. The highest BCUT2D eigenvalue weighted by molar-refractivity contribution is 9.10. The Morgan fingerprint density at radius 1 is 1.24 bits per heavy atom. The van der Waals surface area contributed by atoms with Gasteiger partial charge in [0, 0.05) is 27.7 Å². The van der Waals surface area contributed by atoms with Crippen LogP contribution < -0.4 is 5.32 Å². The van der Waals surface area contributed by atoms with E-state index in [1.807, 2.05) is 0 Å². The molecule has 0 amide bonds. The Balaban J connectivity index is 2.27. The van der Waals surface area contributed by atoms with Gasteiger partial charge in [0.2, 0.25) is 0 Å². The number of benzene rings is 2. The van der Waals surface area contributed by atoms with Crippen LogP contribution >= 0.6 is 27.5 Å². The van der Waals surface area contributed by atoms with Crippen molar-refractivity contribution in [2.24, 2.45) is 0 Å². The molecule has 0 saturated heterocycles. The van der Waals surface area contributed by atoms with Gasteiger partial charge in [-0.25, -0.2) is 8.78 Å². The molecular weight excluding hydrogens is 370 g/mol. The van der Waals surface area contributed by atoms with E-state index in [4.69, 9.17) is 11.6 Å². The molecule has 110 valence electrons. The molecule has 2 aromatic carbocycles. The van der Waals surface area contributed by atoms with Crippen LogP contribution in [0.3, 0.4) is 0 Å². The summed E-state index contributed by atoms with van der Waals surface area (Å²) in [6.07, 6.45) is 0. The molecule has 0 unspecified atom stereocenters. The van der Waals surface area contributed by atoms with Crippen molar-refractivity contribution in [2.45, 2.75) is 6.54 Å². The maximum atomic E-state index is 13.6. The van der Waals surface area contributed by atoms with Crippen molar-refractivity contribution in [3.05, 3.63) is 67.1 Å². The summed E-state index contributed by atoms with van der Waals surface area (Å²) < 4.78 is 27.6. The largest absolute Gasteiger partial charge is 0.376 e. The van der Waals surface area contributed by atoms with E-state index in [0.717, 1.165) is 12.1 Å². The highest BCUT2D eigenvalue weighted by Crippen LogP contribution is 2.27. The molecule has 0 aliphatic rings. The van der Waals surface area contributed by atoms with Crippen LogP contribution in [0.2, 0.25) is 5.02 Å². The quantitative estimate of drug-likeness (QED) is 0.609. The number of nitrogens with one attached hydrogen (secondary N) is 1. The van der Waals surface area contributed by atoms with E-state index in [0.29, 0.717) is 0 Å². The lowest BCUT2D eigenvalue weighted by molar-refractivity contribution is -0.385. The number of hydrogen-bond donors (Lipinski definition) is 1. The monoisotopic (exact) mass is 376 g/mol. The van der Waals surface area contributed by atoms with Gasteiger partial charge in [-0.2, -0.15) is 0 Å². The summed E-state index contributed by atoms with van der Waals surface area (Å²) in [5, 5.41) is 13.7. The molecule has 2 rings (SSSR count). The number of nitro groups is 1. The third kappa shape index (κ3) is 3.68. The van der Waals surface area contributed by atoms with Gasteiger partial charge in [-0.15, -0.1) is 0 Å². The van der Waals surface area contributed by atoms with Crippen molar-refractivity contribution in [1.82, 2.24) is 0 Å². The molecule has 4 nitrogen and oxygen atoms in total. The van der Waals surface area contributed by atoms with Crippen LogP contribution in [0, 0.1) is 21.7 Å². The molecule has 21 heavy (non-hydrogen) atoms. The summed E-state index contributed by atoms with van der Waals surface area (Å²) in [5.41, 5.74) is -0.290. The van der Waals surface area contributed by atoms with E-state index < -0.39 is 16.6 Å². The lowest BCUT2D eigenvalue weighted by atomic mass is 10.1. The maximum absolute atomic E-state index is 13.6. The minimum Gasteiger partial charge on any atom is -0.376 e. The van der Waals surface area contributed by atoms with Crippen molar-refractivity contribution in [3.8, 4) is 0 Å². The molecule has 0 atom stereocenters. The van der Waals surface area contributed by atoms with Crippen molar-refractivity contribution in [2.75, 3.05) is 5.32 Å². The van der Waals surface area contributed by atoms with Crippen molar-refractivity contribution in [3.63, 3.8) is 0 Å². The van der Waals surface area contributed by atoms with Crippen LogP contribution in [0.25, 0.3) is 0 Å². The van der Waals surface area contributed by atoms with Crippen molar-refractivity contribution >= 4 is 38.9 Å². The Morgan fingerprint density at radius 2 is 1.86 bits per heavy atom. The molecule has 0 heterocycles. The third-order valence-corrected chi connectivity index (χ3v) is 3.40. The van der Waals surface area contributed by atoms with Gasteiger partial charge in [-0.05, 0) is 24.3 Å². The molecule has 0 aromatic heterocycles. The number of rotatable bonds is 4. The molecule has 0 radical (unpaired) electrons. The fourth-order valence-electron chi connectivity index (χ4n) is 1.75. The fourth-order valence-corrected chi connectivity index (χ4v) is 2.32. The number of nitrogens with zero attached hydrogens (tertiary/aromatic N) is 1. The van der Waals surface area contributed by atoms with E-state index in [1.165, 1.54) is 18.2 Å². The lowest BCUT2D eigenvalue weighted by Gasteiger charge is -2.10. The van der Waals surface area contributed by atoms with Gasteiger partial charge in [0.15, 0.2) is 0 Å². The van der Waals surface area contributed by atoms with Crippen LogP contribution in [0.1, 0.15) is 5.56 Å². The number of anilines is 1. The molecule has 0 bridgehead atoms. The van der Waals surface area contributed by atoms with Gasteiger partial charge < -0.3 is 5.32 Å². The molecule has 1 N–H and O–H groups in total. The van der Waals surface area contributed by atoms with Gasteiger partial charge in [0.25, 0.3) is 5.69 Å². The van der Waals surface area contributed by atoms with Crippen molar-refractivity contribution in [1.29, 1.82) is 0 Å². The molecule has 2 aromatic rings. The maximum Gasteiger partial charge on any atom is 0.275 e. The van der Waals surface area contributed by atoms with E-state index in [9.17, 15) is 18.9 Å². The first-order valence-electron chi connectivity index (χ1n) is 5.69. The fraction of sp³-hybridized carbons (Fsp3) is 0.0769. The SMILES string of the molecule is O=[N+]([O-])c1cc(Cl)ccc1CNc1c(F)cc(Br)cc1F. The van der Waals surface area contributed by atoms with E-state index >= 15 is 0 Å². The molecule has 0 fully saturated rings. The van der Waals surface area contributed by atoms with Gasteiger partial charge >= 0.3 is 0 Å². The highest BCUT2D eigenvalue weighted by atomic mass is 79.9. The van der Waals surface area contributed by atoms with E-state index in [2.05, 4.69) is 21.2 Å². The molecule has 0 aliphatic heterocycles. The average molecular weight is 378 g/mol. The molecule has 0 saturated carbocycles. The Morgan fingerprint density at radius 3 is 2.43 bits per heavy atom. The van der Waals surface area contributed by atoms with Crippen LogP contribution in [-0.4, -0.2) is 4.92 Å². The van der Waals surface area contributed by atoms with Crippen molar-refractivity contribution < 1.29 is 13.7 Å². The van der Waals surface area contributed by atoms with Gasteiger partial charge in [0.05, 0.1) is 4.92 Å². The predicted molar refractivity (Wildman–Crippen MR) is 79.5 cm³/mol. The molecule has 0 aliphatic carbocycles. The van der Waals surface area contributed by atoms with Crippen LogP contribution in [-0.2, 0) is 6.54 Å². The minimum absolute atomic E-state index is 0.108. The zero-order valence-corrected chi connectivity index (χ0v) is 12.7. The molecule has 8 heteroatoms. The zero-order valence-electron chi connectivity index (χ0n) is 10.4. The summed E-state index contributed by atoms with van der Waals surface area (Å²) in [4.78, 5) is 10.3. The number of halogens is 4. The highest BCUT2D eigenvalue weighted by Gasteiger charge is 2.16. The second-order valence-electron chi connectivity index (χ2n) is 4.13. The molecular formula is C13H8BrClF2N2O2. The summed E-state index contributed by atoms with van der Waals surface area (Å²) in [5.74, 6) is -1.59. The summed E-state index contributed by atoms with van der Waals surface area (Å²) in [6, 6.07) is 6.29. The Labute approximate surface area is 132 Å². The van der Waals surface area contributed by atoms with Gasteiger partial charge in [0.1, 0.15) is 17.3 Å². The summed E-state index contributed by atoms with van der Waals surface area (Å²) in [6.45, 7) is -0.108. The van der Waals surface area contributed by atoms with E-state index in [1.54, 1.807) is 0 Å². The first-order valence-corrected chi connectivity index (χ1v) is 6.87. The average Bonchev–Trinajstić information content (AvgIpc) is 2.38. The number of nitro benzene ring substituents is 1. The van der Waals surface area contributed by atoms with Crippen LogP contribution in [0.5, 0.6) is 0 Å². The Bertz CT molecular complexity index is 690. The van der Waals surface area contributed by atoms with Gasteiger partial charge in [-0.3, -0.25) is 10.1 Å². The first-order chi connectivity index (χ1) is 9.88. The van der Waals surface area contributed by atoms with E-state index in [-0.39, 0.29) is 33.0 Å². The first kappa shape index (κ1) is 15.7. The standard InChI is InChI=1S/C13H8BrClF2N2O2/c14-8-3-10(16)13(11(17)4-8)18-6-7-1-2-9(15)5-12(7)19(20)21/h1-5,18H,6H2. The topological polar surface area (TPSA) is 55.2 Å². The smallest absolute Gasteiger partial charge is 0.275 e. The van der Waals surface area contributed by atoms with Crippen LogP contribution in [0.4, 0.5) is 20.2 Å².